The van der Waals surface area contributed by atoms with Gasteiger partial charge in [0.25, 0.3) is 0 Å². The molecule has 0 aliphatic carbocycles. The zero-order chi connectivity index (χ0) is 18.5. The lowest BCUT2D eigenvalue weighted by molar-refractivity contribution is -0.107. The second-order valence-corrected chi connectivity index (χ2v) is 5.91. The van der Waals surface area contributed by atoms with E-state index in [4.69, 9.17) is 9.57 Å². The van der Waals surface area contributed by atoms with Crippen LogP contribution in [0.1, 0.15) is 18.1 Å². The summed E-state index contributed by atoms with van der Waals surface area (Å²) in [6.07, 6.45) is 4.68. The normalized spacial score (nSPS) is 17.5. The summed E-state index contributed by atoms with van der Waals surface area (Å²) < 4.78 is 5.17. The second kappa shape index (κ2) is 7.89. The highest BCUT2D eigenvalue weighted by atomic mass is 16.7. The summed E-state index contributed by atoms with van der Waals surface area (Å²) in [7, 11) is 1.51. The van der Waals surface area contributed by atoms with Crippen LogP contribution in [-0.4, -0.2) is 29.6 Å². The third-order valence-electron chi connectivity index (χ3n) is 4.22. The summed E-state index contributed by atoms with van der Waals surface area (Å²) in [6.45, 7) is 2.34. The van der Waals surface area contributed by atoms with Crippen molar-refractivity contribution in [2.75, 3.05) is 7.11 Å². The maximum atomic E-state index is 11.8. The Kier molecular flexibility index (Phi) is 5.39. The molecule has 0 bridgehead atoms. The van der Waals surface area contributed by atoms with E-state index in [1.807, 2.05) is 49.4 Å². The Morgan fingerprint density at radius 2 is 2.00 bits per heavy atom. The number of phenols is 1. The first kappa shape index (κ1) is 17.8. The molecular formula is C21H21NO4. The van der Waals surface area contributed by atoms with Crippen LogP contribution in [0.4, 0.5) is 0 Å². The lowest BCUT2D eigenvalue weighted by atomic mass is 10.0. The van der Waals surface area contributed by atoms with Gasteiger partial charge in [-0.2, -0.15) is 0 Å². The van der Waals surface area contributed by atoms with Gasteiger partial charge in [-0.1, -0.05) is 48.6 Å². The van der Waals surface area contributed by atoms with Crippen molar-refractivity contribution in [3.63, 3.8) is 0 Å². The van der Waals surface area contributed by atoms with E-state index in [1.165, 1.54) is 7.11 Å². The third kappa shape index (κ3) is 3.48. The first-order valence-electron chi connectivity index (χ1n) is 8.36. The Balaban J connectivity index is 1.92. The molecule has 0 fully saturated rings. The number of carbonyl (C=O) groups excluding carboxylic acids is 1. The maximum absolute atomic E-state index is 11.8. The molecule has 134 valence electrons. The monoisotopic (exact) mass is 351 g/mol. The number of rotatable bonds is 6. The number of nitrogens with zero attached hydrogens (tertiary/aromatic N) is 1. The molecule has 0 spiro atoms. The van der Waals surface area contributed by atoms with Gasteiger partial charge in [0.05, 0.1) is 25.3 Å². The molecule has 1 atom stereocenters. The molecule has 5 heteroatoms. The molecule has 0 radical (unpaired) electrons. The van der Waals surface area contributed by atoms with Crippen molar-refractivity contribution >= 4 is 12.0 Å². The molecule has 1 aliphatic heterocycles. The van der Waals surface area contributed by atoms with E-state index in [9.17, 15) is 9.90 Å². The summed E-state index contributed by atoms with van der Waals surface area (Å²) >= 11 is 0. The van der Waals surface area contributed by atoms with Gasteiger partial charge in [0.2, 0.25) is 0 Å². The van der Waals surface area contributed by atoms with Gasteiger partial charge in [-0.05, 0) is 24.6 Å². The van der Waals surface area contributed by atoms with Gasteiger partial charge in [-0.15, -0.1) is 5.06 Å². The standard InChI is InChI=1S/C21H21NO4/c1-3-7-18-17(14-23)21(16-8-5-4-6-9-16)26-22(18)13-15-10-11-19(24)20(12-15)25-2/h3-12,14,18,24H,13H2,1-2H3/b7-3+. The number of carbonyl (C=O) groups is 1. The lowest BCUT2D eigenvalue weighted by Crippen LogP contribution is -2.29. The number of hydroxylamine groups is 2. The van der Waals surface area contributed by atoms with Gasteiger partial charge in [0.1, 0.15) is 0 Å². The van der Waals surface area contributed by atoms with E-state index >= 15 is 0 Å². The molecule has 0 saturated carbocycles. The minimum Gasteiger partial charge on any atom is -0.504 e. The Labute approximate surface area is 152 Å². The molecule has 3 rings (SSSR count). The average molecular weight is 351 g/mol. The van der Waals surface area contributed by atoms with E-state index in [1.54, 1.807) is 23.3 Å². The fourth-order valence-corrected chi connectivity index (χ4v) is 2.96. The molecule has 1 aliphatic rings. The minimum atomic E-state index is -0.285. The number of allylic oxidation sites excluding steroid dienone is 1. The Morgan fingerprint density at radius 1 is 1.23 bits per heavy atom. The number of aromatic hydroxyl groups is 1. The predicted molar refractivity (Wildman–Crippen MR) is 99.3 cm³/mol. The largest absolute Gasteiger partial charge is 0.504 e. The molecule has 26 heavy (non-hydrogen) atoms. The quantitative estimate of drug-likeness (QED) is 0.635. The predicted octanol–water partition coefficient (Wildman–Crippen LogP) is 3.70. The van der Waals surface area contributed by atoms with Crippen LogP contribution in [0.2, 0.25) is 0 Å². The van der Waals surface area contributed by atoms with Crippen molar-refractivity contribution in [1.29, 1.82) is 0 Å². The molecule has 0 amide bonds. The van der Waals surface area contributed by atoms with Gasteiger partial charge < -0.3 is 14.7 Å². The summed E-state index contributed by atoms with van der Waals surface area (Å²) in [6, 6.07) is 14.4. The van der Waals surface area contributed by atoms with E-state index in [-0.39, 0.29) is 11.8 Å². The summed E-state index contributed by atoms with van der Waals surface area (Å²) in [5, 5.41) is 11.5. The third-order valence-corrected chi connectivity index (χ3v) is 4.22. The Hall–Kier alpha value is -3.05. The van der Waals surface area contributed by atoms with Gasteiger partial charge in [-0.25, -0.2) is 0 Å². The van der Waals surface area contributed by atoms with Crippen molar-refractivity contribution in [3.05, 3.63) is 77.4 Å². The van der Waals surface area contributed by atoms with Crippen molar-refractivity contribution in [2.24, 2.45) is 0 Å². The van der Waals surface area contributed by atoms with Crippen LogP contribution in [0.15, 0.2) is 66.3 Å². The number of aldehydes is 1. The minimum absolute atomic E-state index is 0.0836. The summed E-state index contributed by atoms with van der Waals surface area (Å²) in [4.78, 5) is 17.8. The van der Waals surface area contributed by atoms with Crippen molar-refractivity contribution in [3.8, 4) is 11.5 Å². The average Bonchev–Trinajstić information content (AvgIpc) is 3.01. The first-order valence-corrected chi connectivity index (χ1v) is 8.36. The van der Waals surface area contributed by atoms with E-state index in [0.29, 0.717) is 23.6 Å². The molecule has 2 aromatic rings. The molecule has 0 saturated heterocycles. The number of hydrogen-bond acceptors (Lipinski definition) is 5. The highest BCUT2D eigenvalue weighted by molar-refractivity contribution is 5.89. The van der Waals surface area contributed by atoms with Crippen LogP contribution in [0, 0.1) is 0 Å². The van der Waals surface area contributed by atoms with Crippen LogP contribution in [0.25, 0.3) is 5.76 Å². The fraction of sp³-hybridized carbons (Fsp3) is 0.190. The van der Waals surface area contributed by atoms with Crippen LogP contribution < -0.4 is 4.74 Å². The van der Waals surface area contributed by atoms with Crippen molar-refractivity contribution < 1.29 is 19.5 Å². The second-order valence-electron chi connectivity index (χ2n) is 5.91. The molecule has 1 unspecified atom stereocenters. The Morgan fingerprint density at radius 3 is 2.65 bits per heavy atom. The van der Waals surface area contributed by atoms with Crippen LogP contribution >= 0.6 is 0 Å². The number of methoxy groups -OCH3 is 1. The molecule has 2 aromatic carbocycles. The van der Waals surface area contributed by atoms with Gasteiger partial charge in [0.15, 0.2) is 23.5 Å². The van der Waals surface area contributed by atoms with Gasteiger partial charge in [-0.3, -0.25) is 4.79 Å². The number of benzene rings is 2. The molecular weight excluding hydrogens is 330 g/mol. The number of hydrogen-bond donors (Lipinski definition) is 1. The van der Waals surface area contributed by atoms with Gasteiger partial charge in [0, 0.05) is 5.56 Å². The molecule has 5 nitrogen and oxygen atoms in total. The SMILES string of the molecule is C/C=C/C1C(C=O)=C(c2ccccc2)ON1Cc1ccc(O)c(OC)c1. The maximum Gasteiger partial charge on any atom is 0.163 e. The fourth-order valence-electron chi connectivity index (χ4n) is 2.96. The zero-order valence-electron chi connectivity index (χ0n) is 14.8. The lowest BCUT2D eigenvalue weighted by Gasteiger charge is -2.22. The highest BCUT2D eigenvalue weighted by Gasteiger charge is 2.34. The smallest absolute Gasteiger partial charge is 0.163 e. The topological polar surface area (TPSA) is 59.0 Å². The first-order chi connectivity index (χ1) is 12.7. The van der Waals surface area contributed by atoms with Crippen LogP contribution in [0.5, 0.6) is 11.5 Å². The van der Waals surface area contributed by atoms with Gasteiger partial charge >= 0.3 is 0 Å². The van der Waals surface area contributed by atoms with Crippen molar-refractivity contribution in [1.82, 2.24) is 5.06 Å². The molecule has 1 N–H and O–H groups in total. The van der Waals surface area contributed by atoms with Crippen LogP contribution in [0.3, 0.4) is 0 Å². The number of phenolic OH excluding ortho intramolecular Hbond substituents is 1. The van der Waals surface area contributed by atoms with E-state index < -0.39 is 0 Å². The molecule has 1 heterocycles. The van der Waals surface area contributed by atoms with Crippen LogP contribution in [-0.2, 0) is 16.2 Å². The summed E-state index contributed by atoms with van der Waals surface area (Å²) in [5.41, 5.74) is 2.34. The van der Waals surface area contributed by atoms with E-state index in [0.717, 1.165) is 17.4 Å². The van der Waals surface area contributed by atoms with Crippen molar-refractivity contribution in [2.45, 2.75) is 19.5 Å². The Bertz CT molecular complexity index is 842. The number of ether oxygens (including phenoxy) is 1. The van der Waals surface area contributed by atoms with E-state index in [2.05, 4.69) is 0 Å². The zero-order valence-corrected chi connectivity index (χ0v) is 14.8. The molecule has 0 aromatic heterocycles. The highest BCUT2D eigenvalue weighted by Crippen LogP contribution is 2.35. The summed E-state index contributed by atoms with van der Waals surface area (Å²) in [5.74, 6) is 1.05.